The van der Waals surface area contributed by atoms with Gasteiger partial charge < -0.3 is 5.73 Å². The monoisotopic (exact) mass is 206 g/mol. The fourth-order valence-electron chi connectivity index (χ4n) is 1.46. The third-order valence-corrected chi connectivity index (χ3v) is 4.44. The molecule has 0 unspecified atom stereocenters. The van der Waals surface area contributed by atoms with Gasteiger partial charge in [0.25, 0.3) is 0 Å². The average Bonchev–Trinajstić information content (AvgIpc) is 1.96. The molecule has 0 saturated heterocycles. The first kappa shape index (κ1) is 10.9. The summed E-state index contributed by atoms with van der Waals surface area (Å²) in [6.07, 6.45) is 3.58. The van der Waals surface area contributed by atoms with Crippen LogP contribution >= 0.6 is 0 Å². The standard InChI is InChI=1S/C8H18N2O2S/c1-10(7-8-3-2-4-8)13(11,12)6-5-9/h8H,2-7,9H2,1H3. The minimum absolute atomic E-state index is 0.0657. The van der Waals surface area contributed by atoms with Gasteiger partial charge in [0.2, 0.25) is 10.0 Å². The molecule has 0 aromatic carbocycles. The van der Waals surface area contributed by atoms with Crippen LogP contribution in [0.1, 0.15) is 19.3 Å². The van der Waals surface area contributed by atoms with Crippen LogP contribution in [0.25, 0.3) is 0 Å². The van der Waals surface area contributed by atoms with E-state index in [1.165, 1.54) is 23.6 Å². The molecule has 0 atom stereocenters. The predicted molar refractivity (Wildman–Crippen MR) is 52.8 cm³/mol. The van der Waals surface area contributed by atoms with Crippen molar-refractivity contribution >= 4 is 10.0 Å². The van der Waals surface area contributed by atoms with Gasteiger partial charge in [-0.15, -0.1) is 0 Å². The summed E-state index contributed by atoms with van der Waals surface area (Å²) in [7, 11) is -1.43. The van der Waals surface area contributed by atoms with Gasteiger partial charge in [0, 0.05) is 20.1 Å². The molecule has 0 amide bonds. The van der Waals surface area contributed by atoms with E-state index < -0.39 is 10.0 Å². The summed E-state index contributed by atoms with van der Waals surface area (Å²) in [6, 6.07) is 0. The van der Waals surface area contributed by atoms with Crippen molar-refractivity contribution in [2.45, 2.75) is 19.3 Å². The molecular formula is C8H18N2O2S. The highest BCUT2D eigenvalue weighted by Gasteiger charge is 2.24. The molecule has 0 spiro atoms. The Morgan fingerprint density at radius 1 is 1.46 bits per heavy atom. The molecule has 78 valence electrons. The Bertz CT molecular complexity index is 247. The van der Waals surface area contributed by atoms with Gasteiger partial charge in [0.05, 0.1) is 5.75 Å². The van der Waals surface area contributed by atoms with Crippen molar-refractivity contribution in [1.82, 2.24) is 4.31 Å². The quantitative estimate of drug-likeness (QED) is 0.689. The minimum atomic E-state index is -3.07. The van der Waals surface area contributed by atoms with E-state index in [9.17, 15) is 8.42 Å². The van der Waals surface area contributed by atoms with Gasteiger partial charge in [-0.1, -0.05) is 6.42 Å². The van der Waals surface area contributed by atoms with Crippen molar-refractivity contribution in [3.8, 4) is 0 Å². The highest BCUT2D eigenvalue weighted by atomic mass is 32.2. The van der Waals surface area contributed by atoms with E-state index in [0.29, 0.717) is 12.5 Å². The lowest BCUT2D eigenvalue weighted by Crippen LogP contribution is -2.37. The molecule has 1 saturated carbocycles. The zero-order chi connectivity index (χ0) is 9.90. The first-order chi connectivity index (χ1) is 6.06. The van der Waals surface area contributed by atoms with Crippen molar-refractivity contribution in [3.05, 3.63) is 0 Å². The summed E-state index contributed by atoms with van der Waals surface area (Å²) < 4.78 is 24.4. The van der Waals surface area contributed by atoms with Gasteiger partial charge in [-0.2, -0.15) is 0 Å². The minimum Gasteiger partial charge on any atom is -0.329 e. The van der Waals surface area contributed by atoms with Crippen LogP contribution in [-0.4, -0.2) is 38.6 Å². The molecule has 1 aliphatic rings. The molecule has 1 rings (SSSR count). The Morgan fingerprint density at radius 3 is 2.46 bits per heavy atom. The van der Waals surface area contributed by atoms with E-state index in [1.807, 2.05) is 0 Å². The maximum Gasteiger partial charge on any atom is 0.215 e. The van der Waals surface area contributed by atoms with Gasteiger partial charge in [-0.3, -0.25) is 0 Å². The highest BCUT2D eigenvalue weighted by molar-refractivity contribution is 7.89. The Balaban J connectivity index is 2.40. The highest BCUT2D eigenvalue weighted by Crippen LogP contribution is 2.27. The smallest absolute Gasteiger partial charge is 0.215 e. The van der Waals surface area contributed by atoms with E-state index in [1.54, 1.807) is 7.05 Å². The number of nitrogens with zero attached hydrogens (tertiary/aromatic N) is 1. The summed E-state index contributed by atoms with van der Waals surface area (Å²) in [5.74, 6) is 0.647. The molecule has 0 radical (unpaired) electrons. The first-order valence-corrected chi connectivity index (χ1v) is 6.31. The van der Waals surface area contributed by atoms with E-state index in [2.05, 4.69) is 0 Å². The molecule has 1 fully saturated rings. The van der Waals surface area contributed by atoms with Crippen LogP contribution in [0.5, 0.6) is 0 Å². The molecule has 2 N–H and O–H groups in total. The molecular weight excluding hydrogens is 188 g/mol. The van der Waals surface area contributed by atoms with Crippen LogP contribution in [0.2, 0.25) is 0 Å². The Hall–Kier alpha value is -0.130. The second kappa shape index (κ2) is 4.39. The summed E-state index contributed by atoms with van der Waals surface area (Å²) in [4.78, 5) is 0. The molecule has 1 aliphatic carbocycles. The number of rotatable bonds is 5. The van der Waals surface area contributed by atoms with E-state index in [4.69, 9.17) is 5.73 Å². The predicted octanol–water partition coefficient (Wildman–Crippen LogP) is 0.00680. The van der Waals surface area contributed by atoms with E-state index >= 15 is 0 Å². The normalized spacial score (nSPS) is 19.0. The Labute approximate surface area is 80.1 Å². The maximum atomic E-state index is 11.5. The Morgan fingerprint density at radius 2 is 2.08 bits per heavy atom. The topological polar surface area (TPSA) is 63.4 Å². The lowest BCUT2D eigenvalue weighted by molar-refractivity contribution is 0.263. The lowest BCUT2D eigenvalue weighted by atomic mass is 9.86. The van der Waals surface area contributed by atoms with Crippen LogP contribution in [-0.2, 0) is 10.0 Å². The maximum absolute atomic E-state index is 11.5. The summed E-state index contributed by atoms with van der Waals surface area (Å²) in [5, 5.41) is 0. The van der Waals surface area contributed by atoms with Gasteiger partial charge in [-0.25, -0.2) is 12.7 Å². The van der Waals surface area contributed by atoms with Crippen molar-refractivity contribution in [2.24, 2.45) is 11.7 Å². The molecule has 5 heteroatoms. The van der Waals surface area contributed by atoms with Crippen molar-refractivity contribution in [1.29, 1.82) is 0 Å². The van der Waals surface area contributed by atoms with Crippen LogP contribution in [0.15, 0.2) is 0 Å². The van der Waals surface area contributed by atoms with Crippen molar-refractivity contribution in [2.75, 3.05) is 25.9 Å². The van der Waals surface area contributed by atoms with Gasteiger partial charge in [0.15, 0.2) is 0 Å². The molecule has 0 aromatic rings. The van der Waals surface area contributed by atoms with Crippen molar-refractivity contribution in [3.63, 3.8) is 0 Å². The number of hydrogen-bond acceptors (Lipinski definition) is 3. The van der Waals surface area contributed by atoms with Crippen LogP contribution < -0.4 is 5.73 Å². The fourth-order valence-corrected chi connectivity index (χ4v) is 2.50. The third kappa shape index (κ3) is 2.93. The average molecular weight is 206 g/mol. The van der Waals surface area contributed by atoms with Crippen LogP contribution in [0, 0.1) is 5.92 Å². The van der Waals surface area contributed by atoms with Gasteiger partial charge in [-0.05, 0) is 18.8 Å². The summed E-state index contributed by atoms with van der Waals surface area (Å²) in [5.41, 5.74) is 5.22. The zero-order valence-corrected chi connectivity index (χ0v) is 8.89. The third-order valence-electron chi connectivity index (χ3n) is 2.59. The van der Waals surface area contributed by atoms with Crippen LogP contribution in [0.4, 0.5) is 0 Å². The summed E-state index contributed by atoms with van der Waals surface area (Å²) >= 11 is 0. The first-order valence-electron chi connectivity index (χ1n) is 4.70. The Kier molecular flexibility index (Phi) is 3.70. The van der Waals surface area contributed by atoms with Gasteiger partial charge in [0.1, 0.15) is 0 Å². The number of nitrogens with two attached hydrogens (primary N) is 1. The zero-order valence-electron chi connectivity index (χ0n) is 8.07. The second-order valence-corrected chi connectivity index (χ2v) is 5.88. The molecule has 0 heterocycles. The summed E-state index contributed by atoms with van der Waals surface area (Å²) in [6.45, 7) is 0.875. The molecule has 0 aromatic heterocycles. The molecule has 0 aliphatic heterocycles. The van der Waals surface area contributed by atoms with Crippen molar-refractivity contribution < 1.29 is 8.42 Å². The largest absolute Gasteiger partial charge is 0.329 e. The number of sulfonamides is 1. The van der Waals surface area contributed by atoms with E-state index in [-0.39, 0.29) is 12.3 Å². The van der Waals surface area contributed by atoms with Crippen LogP contribution in [0.3, 0.4) is 0 Å². The van der Waals surface area contributed by atoms with E-state index in [0.717, 1.165) is 0 Å². The molecule has 0 bridgehead atoms. The van der Waals surface area contributed by atoms with Gasteiger partial charge >= 0.3 is 0 Å². The SMILES string of the molecule is CN(CC1CCC1)S(=O)(=O)CCN. The molecule has 13 heavy (non-hydrogen) atoms. The lowest BCUT2D eigenvalue weighted by Gasteiger charge is -2.29. The molecule has 4 nitrogen and oxygen atoms in total. The number of hydrogen-bond donors (Lipinski definition) is 1. The second-order valence-electron chi connectivity index (χ2n) is 3.68. The fraction of sp³-hybridized carbons (Fsp3) is 1.00.